The second-order valence-corrected chi connectivity index (χ2v) is 9.96. The molecule has 4 atom stereocenters. The minimum absolute atomic E-state index is 0.130. The number of aryl methyl sites for hydroxylation is 1. The fourth-order valence-corrected chi connectivity index (χ4v) is 6.11. The number of aromatic nitrogens is 5. The summed E-state index contributed by atoms with van der Waals surface area (Å²) in [7, 11) is 1.58. The van der Waals surface area contributed by atoms with Crippen LogP contribution in [-0.2, 0) is 6.54 Å². The van der Waals surface area contributed by atoms with Crippen molar-refractivity contribution in [1.29, 1.82) is 0 Å². The Morgan fingerprint density at radius 3 is 2.61 bits per heavy atom. The maximum atomic E-state index is 14.7. The van der Waals surface area contributed by atoms with Crippen molar-refractivity contribution in [2.75, 3.05) is 30.4 Å². The molecule has 1 saturated heterocycles. The number of hydrogen-bond acceptors (Lipinski definition) is 7. The molecule has 3 aromatic rings. The predicted molar refractivity (Wildman–Crippen MR) is 126 cm³/mol. The maximum Gasteiger partial charge on any atom is 0.242 e. The molecule has 8 nitrogen and oxygen atoms in total. The average molecular weight is 500 g/mol. The highest BCUT2D eigenvalue weighted by Gasteiger charge is 2.43. The van der Waals surface area contributed by atoms with E-state index < -0.39 is 23.4 Å². The Kier molecular flexibility index (Phi) is 5.93. The molecule has 0 radical (unpaired) electrons. The van der Waals surface area contributed by atoms with Gasteiger partial charge < -0.3 is 15.0 Å². The van der Waals surface area contributed by atoms with Crippen molar-refractivity contribution in [3.8, 4) is 5.88 Å². The van der Waals surface area contributed by atoms with E-state index in [0.717, 1.165) is 50.5 Å². The second-order valence-electron chi connectivity index (χ2n) is 9.96. The lowest BCUT2D eigenvalue weighted by atomic mass is 9.92. The molecule has 1 saturated carbocycles. The van der Waals surface area contributed by atoms with E-state index in [4.69, 9.17) is 14.8 Å². The van der Waals surface area contributed by atoms with E-state index >= 15 is 0 Å². The average Bonchev–Trinajstić information content (AvgIpc) is 3.30. The number of benzene rings is 1. The fourth-order valence-electron chi connectivity index (χ4n) is 6.11. The highest BCUT2D eigenvalue weighted by Crippen LogP contribution is 2.41. The Labute approximate surface area is 206 Å². The van der Waals surface area contributed by atoms with Crippen LogP contribution in [0.3, 0.4) is 0 Å². The van der Waals surface area contributed by atoms with Gasteiger partial charge in [-0.25, -0.2) is 17.9 Å². The molecule has 3 aliphatic rings. The standard InChI is InChI=1S/C25H28F3N7O/c1-36-20-10-16(11-29-32-20)34-12-14-5-6-15(13-34)23(14)30-25-31-24-18(4-2-3-9-35(24)33-25)17-7-8-19(26)22(28)21(17)27/h7-8,10-11,14-15,18,23H,2-6,9,12-13H2,1H3,(H,30,33)/t14-,15+,18-,23+/m1/s1. The molecule has 2 aliphatic heterocycles. The second kappa shape index (κ2) is 9.25. The first-order chi connectivity index (χ1) is 17.5. The maximum absolute atomic E-state index is 14.7. The van der Waals surface area contributed by atoms with Gasteiger partial charge in [0.05, 0.1) is 19.0 Å². The van der Waals surface area contributed by atoms with Gasteiger partial charge in [0.2, 0.25) is 11.8 Å². The predicted octanol–water partition coefficient (Wildman–Crippen LogP) is 4.14. The van der Waals surface area contributed by atoms with Crippen molar-refractivity contribution in [3.05, 3.63) is 53.2 Å². The Morgan fingerprint density at radius 2 is 1.83 bits per heavy atom. The zero-order chi connectivity index (χ0) is 24.8. The first-order valence-corrected chi connectivity index (χ1v) is 12.5. The lowest BCUT2D eigenvalue weighted by Gasteiger charge is -2.39. The van der Waals surface area contributed by atoms with E-state index in [1.54, 1.807) is 18.0 Å². The van der Waals surface area contributed by atoms with Crippen LogP contribution in [0, 0.1) is 29.3 Å². The number of rotatable bonds is 5. The number of methoxy groups -OCH3 is 1. The molecule has 2 aromatic heterocycles. The summed E-state index contributed by atoms with van der Waals surface area (Å²) in [5.41, 5.74) is 1.13. The summed E-state index contributed by atoms with van der Waals surface area (Å²) in [4.78, 5) is 7.09. The largest absolute Gasteiger partial charge is 0.480 e. The molecular formula is C25H28F3N7O. The summed E-state index contributed by atoms with van der Waals surface area (Å²) in [6, 6.07) is 4.45. The van der Waals surface area contributed by atoms with Crippen LogP contribution in [0.1, 0.15) is 49.4 Å². The van der Waals surface area contributed by atoms with Crippen LogP contribution in [0.4, 0.5) is 24.8 Å². The lowest BCUT2D eigenvalue weighted by Crippen LogP contribution is -2.48. The van der Waals surface area contributed by atoms with Crippen molar-refractivity contribution < 1.29 is 17.9 Å². The van der Waals surface area contributed by atoms with Gasteiger partial charge >= 0.3 is 0 Å². The Hall–Kier alpha value is -3.37. The van der Waals surface area contributed by atoms with Gasteiger partial charge in [0.15, 0.2) is 17.5 Å². The van der Waals surface area contributed by atoms with Crippen LogP contribution < -0.4 is 15.0 Å². The van der Waals surface area contributed by atoms with Crippen molar-refractivity contribution in [2.45, 2.75) is 50.6 Å². The quantitative estimate of drug-likeness (QED) is 0.529. The minimum atomic E-state index is -1.44. The first kappa shape index (κ1) is 23.1. The molecule has 0 amide bonds. The Balaban J connectivity index is 1.23. The van der Waals surface area contributed by atoms with Crippen molar-refractivity contribution in [3.63, 3.8) is 0 Å². The van der Waals surface area contributed by atoms with Crippen molar-refractivity contribution >= 4 is 11.6 Å². The molecule has 1 aromatic carbocycles. The van der Waals surface area contributed by atoms with Gasteiger partial charge in [-0.05, 0) is 43.6 Å². The normalized spacial score (nSPS) is 25.4. The number of nitrogens with one attached hydrogen (secondary N) is 1. The number of halogens is 3. The highest BCUT2D eigenvalue weighted by molar-refractivity contribution is 5.48. The van der Waals surface area contributed by atoms with Crippen LogP contribution in [0.5, 0.6) is 5.88 Å². The number of ether oxygens (including phenoxy) is 1. The first-order valence-electron chi connectivity index (χ1n) is 12.5. The number of nitrogens with zero attached hydrogens (tertiary/aromatic N) is 6. The van der Waals surface area contributed by atoms with E-state index in [-0.39, 0.29) is 11.6 Å². The molecule has 2 fully saturated rings. The van der Waals surface area contributed by atoms with E-state index in [0.29, 0.717) is 42.5 Å². The van der Waals surface area contributed by atoms with Gasteiger partial charge in [0.1, 0.15) is 5.82 Å². The molecule has 2 bridgehead atoms. The molecule has 6 rings (SSSR count). The smallest absolute Gasteiger partial charge is 0.242 e. The molecule has 1 aliphatic carbocycles. The molecule has 4 heterocycles. The lowest BCUT2D eigenvalue weighted by molar-refractivity contribution is 0.372. The summed E-state index contributed by atoms with van der Waals surface area (Å²) in [6.07, 6.45) is 6.27. The Morgan fingerprint density at radius 1 is 1.03 bits per heavy atom. The number of hydrogen-bond donors (Lipinski definition) is 1. The number of fused-ring (bicyclic) bond motifs is 3. The third-order valence-corrected chi connectivity index (χ3v) is 7.89. The molecule has 190 valence electrons. The van der Waals surface area contributed by atoms with E-state index in [1.165, 1.54) is 6.07 Å². The summed E-state index contributed by atoms with van der Waals surface area (Å²) >= 11 is 0. The van der Waals surface area contributed by atoms with E-state index in [9.17, 15) is 13.2 Å². The van der Waals surface area contributed by atoms with Crippen molar-refractivity contribution in [2.24, 2.45) is 11.8 Å². The van der Waals surface area contributed by atoms with Crippen LogP contribution in [0.25, 0.3) is 0 Å². The summed E-state index contributed by atoms with van der Waals surface area (Å²) in [6.45, 7) is 2.41. The zero-order valence-corrected chi connectivity index (χ0v) is 20.0. The van der Waals surface area contributed by atoms with Gasteiger partial charge in [-0.3, -0.25) is 0 Å². The number of piperidine rings is 1. The van der Waals surface area contributed by atoms with E-state index in [2.05, 4.69) is 20.4 Å². The third-order valence-electron chi connectivity index (χ3n) is 7.89. The van der Waals surface area contributed by atoms with Gasteiger partial charge in [-0.2, -0.15) is 10.1 Å². The molecule has 1 N–H and O–H groups in total. The van der Waals surface area contributed by atoms with Gasteiger partial charge in [0, 0.05) is 43.2 Å². The van der Waals surface area contributed by atoms with Crippen LogP contribution in [0.15, 0.2) is 24.4 Å². The van der Waals surface area contributed by atoms with Crippen molar-refractivity contribution in [1.82, 2.24) is 25.0 Å². The summed E-state index contributed by atoms with van der Waals surface area (Å²) in [5.74, 6) is -1.81. The molecular weight excluding hydrogens is 471 g/mol. The molecule has 0 unspecified atom stereocenters. The molecule has 36 heavy (non-hydrogen) atoms. The molecule has 0 spiro atoms. The van der Waals surface area contributed by atoms with Crippen LogP contribution in [-0.4, -0.2) is 51.2 Å². The topological polar surface area (TPSA) is 81.0 Å². The van der Waals surface area contributed by atoms with Gasteiger partial charge in [-0.1, -0.05) is 12.5 Å². The SMILES string of the molecule is COc1cc(N2C[C@H]3CC[C@@H](C2)[C@H]3Nc2nc3n(n2)CCCC[C@@H]3c2ccc(F)c(F)c2F)cnn1. The van der Waals surface area contributed by atoms with Gasteiger partial charge in [-0.15, -0.1) is 10.2 Å². The third kappa shape index (κ3) is 4.04. The summed E-state index contributed by atoms with van der Waals surface area (Å²) in [5, 5.41) is 16.3. The zero-order valence-electron chi connectivity index (χ0n) is 20.0. The fraction of sp³-hybridized carbons (Fsp3) is 0.520. The summed E-state index contributed by atoms with van der Waals surface area (Å²) < 4.78 is 49.3. The van der Waals surface area contributed by atoms with Crippen LogP contribution in [0.2, 0.25) is 0 Å². The molecule has 11 heteroatoms. The number of anilines is 2. The monoisotopic (exact) mass is 499 g/mol. The highest BCUT2D eigenvalue weighted by atomic mass is 19.2. The van der Waals surface area contributed by atoms with Crippen LogP contribution >= 0.6 is 0 Å². The minimum Gasteiger partial charge on any atom is -0.480 e. The van der Waals surface area contributed by atoms with Gasteiger partial charge in [0.25, 0.3) is 0 Å². The Bertz CT molecular complexity index is 1250. The van der Waals surface area contributed by atoms with E-state index in [1.807, 2.05) is 6.07 Å².